The van der Waals surface area contributed by atoms with Gasteiger partial charge in [0.25, 0.3) is 0 Å². The number of hydrogen-bond acceptors (Lipinski definition) is 5. The Morgan fingerprint density at radius 1 is 1.50 bits per heavy atom. The first-order valence-corrected chi connectivity index (χ1v) is 7.05. The van der Waals surface area contributed by atoms with Crippen molar-refractivity contribution in [2.45, 2.75) is 12.5 Å². The number of pyridine rings is 1. The third-order valence-corrected chi connectivity index (χ3v) is 4.44. The SMILES string of the molecule is Nc1ccc(Cl)nc1NC1CCS(=O)(=O)C1. The van der Waals surface area contributed by atoms with Crippen LogP contribution in [-0.2, 0) is 9.84 Å². The van der Waals surface area contributed by atoms with E-state index in [9.17, 15) is 8.42 Å². The Morgan fingerprint density at radius 3 is 2.88 bits per heavy atom. The van der Waals surface area contributed by atoms with Gasteiger partial charge in [-0.2, -0.15) is 0 Å². The molecule has 7 heteroatoms. The number of rotatable bonds is 2. The quantitative estimate of drug-likeness (QED) is 0.773. The molecule has 1 aromatic rings. The van der Waals surface area contributed by atoms with Crippen molar-refractivity contribution in [3.8, 4) is 0 Å². The monoisotopic (exact) mass is 261 g/mol. The molecule has 1 aliphatic rings. The molecule has 1 atom stereocenters. The van der Waals surface area contributed by atoms with Gasteiger partial charge in [-0.3, -0.25) is 0 Å². The number of anilines is 2. The molecule has 0 spiro atoms. The topological polar surface area (TPSA) is 85.1 Å². The molecule has 2 rings (SSSR count). The van der Waals surface area contributed by atoms with Gasteiger partial charge >= 0.3 is 0 Å². The summed E-state index contributed by atoms with van der Waals surface area (Å²) < 4.78 is 22.5. The van der Waals surface area contributed by atoms with E-state index in [0.29, 0.717) is 23.1 Å². The summed E-state index contributed by atoms with van der Waals surface area (Å²) in [6, 6.07) is 3.10. The lowest BCUT2D eigenvalue weighted by Crippen LogP contribution is -2.22. The van der Waals surface area contributed by atoms with Gasteiger partial charge in [0.1, 0.15) is 5.15 Å². The zero-order chi connectivity index (χ0) is 11.8. The Bertz CT molecular complexity index is 503. The molecule has 0 aromatic carbocycles. The number of hydrogen-bond donors (Lipinski definition) is 2. The maximum atomic E-state index is 11.3. The van der Waals surface area contributed by atoms with E-state index in [4.69, 9.17) is 17.3 Å². The Labute approximate surface area is 98.9 Å². The molecule has 88 valence electrons. The van der Waals surface area contributed by atoms with Crippen LogP contribution in [0.2, 0.25) is 5.15 Å². The van der Waals surface area contributed by atoms with Gasteiger partial charge in [0, 0.05) is 6.04 Å². The Hall–Kier alpha value is -1.01. The maximum Gasteiger partial charge on any atom is 0.152 e. The lowest BCUT2D eigenvalue weighted by Gasteiger charge is -2.13. The van der Waals surface area contributed by atoms with Gasteiger partial charge in [-0.1, -0.05) is 11.6 Å². The Kier molecular flexibility index (Phi) is 2.94. The molecule has 1 aliphatic heterocycles. The minimum atomic E-state index is -2.90. The Morgan fingerprint density at radius 2 is 2.25 bits per heavy atom. The van der Waals surface area contributed by atoms with Crippen molar-refractivity contribution in [2.75, 3.05) is 22.6 Å². The lowest BCUT2D eigenvalue weighted by molar-refractivity contribution is 0.602. The summed E-state index contributed by atoms with van der Waals surface area (Å²) in [4.78, 5) is 4.02. The van der Waals surface area contributed by atoms with E-state index in [2.05, 4.69) is 10.3 Å². The highest BCUT2D eigenvalue weighted by Gasteiger charge is 2.28. The number of nitrogen functional groups attached to an aromatic ring is 1. The number of nitrogens with one attached hydrogen (secondary N) is 1. The third kappa shape index (κ3) is 2.56. The average Bonchev–Trinajstić information content (AvgIpc) is 2.52. The van der Waals surface area contributed by atoms with Gasteiger partial charge in [-0.15, -0.1) is 0 Å². The first-order valence-electron chi connectivity index (χ1n) is 4.85. The fourth-order valence-corrected chi connectivity index (χ4v) is 3.48. The first kappa shape index (κ1) is 11.5. The molecular weight excluding hydrogens is 250 g/mol. The molecule has 16 heavy (non-hydrogen) atoms. The molecule has 0 amide bonds. The minimum Gasteiger partial charge on any atom is -0.396 e. The average molecular weight is 262 g/mol. The van der Waals surface area contributed by atoms with Crippen LogP contribution in [-0.4, -0.2) is 30.9 Å². The van der Waals surface area contributed by atoms with E-state index < -0.39 is 9.84 Å². The normalized spacial score (nSPS) is 23.2. The van der Waals surface area contributed by atoms with Crippen LogP contribution in [0.25, 0.3) is 0 Å². The Balaban J connectivity index is 2.13. The van der Waals surface area contributed by atoms with Crippen molar-refractivity contribution >= 4 is 32.9 Å². The molecule has 0 bridgehead atoms. The summed E-state index contributed by atoms with van der Waals surface area (Å²) in [7, 11) is -2.90. The summed E-state index contributed by atoms with van der Waals surface area (Å²) >= 11 is 5.73. The van der Waals surface area contributed by atoms with Gasteiger partial charge in [-0.25, -0.2) is 13.4 Å². The van der Waals surface area contributed by atoms with Crippen molar-refractivity contribution in [1.29, 1.82) is 0 Å². The summed E-state index contributed by atoms with van der Waals surface area (Å²) in [5.74, 6) is 0.792. The van der Waals surface area contributed by atoms with Crippen molar-refractivity contribution in [3.05, 3.63) is 17.3 Å². The van der Waals surface area contributed by atoms with Crippen LogP contribution in [0.4, 0.5) is 11.5 Å². The zero-order valence-corrected chi connectivity index (χ0v) is 10.1. The molecule has 1 aromatic heterocycles. The van der Waals surface area contributed by atoms with Crippen LogP contribution in [0.3, 0.4) is 0 Å². The van der Waals surface area contributed by atoms with Gasteiger partial charge < -0.3 is 11.1 Å². The predicted octanol–water partition coefficient (Wildman–Crippen LogP) is 0.916. The lowest BCUT2D eigenvalue weighted by atomic mass is 10.2. The number of nitrogens with zero attached hydrogens (tertiary/aromatic N) is 1. The standard InChI is InChI=1S/C9H12ClN3O2S/c10-8-2-1-7(11)9(13-8)12-6-3-4-16(14,15)5-6/h1-2,6H,3-5,11H2,(H,12,13). The molecule has 0 aliphatic carbocycles. The van der Waals surface area contributed by atoms with Gasteiger partial charge in [0.05, 0.1) is 17.2 Å². The summed E-state index contributed by atoms with van der Waals surface area (Å²) in [6.45, 7) is 0. The molecule has 2 heterocycles. The van der Waals surface area contributed by atoms with E-state index in [1.165, 1.54) is 0 Å². The first-order chi connectivity index (χ1) is 7.46. The van der Waals surface area contributed by atoms with E-state index in [0.717, 1.165) is 0 Å². The van der Waals surface area contributed by atoms with Crippen molar-refractivity contribution in [2.24, 2.45) is 0 Å². The minimum absolute atomic E-state index is 0.126. The fourth-order valence-electron chi connectivity index (χ4n) is 1.66. The van der Waals surface area contributed by atoms with E-state index >= 15 is 0 Å². The molecule has 3 N–H and O–H groups in total. The summed E-state index contributed by atoms with van der Waals surface area (Å²) in [6.07, 6.45) is 0.579. The number of sulfone groups is 1. The highest BCUT2D eigenvalue weighted by molar-refractivity contribution is 7.91. The number of halogens is 1. The van der Waals surface area contributed by atoms with Crippen LogP contribution < -0.4 is 11.1 Å². The molecule has 0 saturated carbocycles. The summed E-state index contributed by atoms with van der Waals surface area (Å²) in [5, 5.41) is 3.34. The second kappa shape index (κ2) is 4.10. The van der Waals surface area contributed by atoms with E-state index in [1.807, 2.05) is 0 Å². The van der Waals surface area contributed by atoms with Gasteiger partial charge in [0.2, 0.25) is 0 Å². The van der Waals surface area contributed by atoms with Crippen LogP contribution in [0.1, 0.15) is 6.42 Å². The van der Waals surface area contributed by atoms with Crippen LogP contribution >= 0.6 is 11.6 Å². The van der Waals surface area contributed by atoms with E-state index in [1.54, 1.807) is 12.1 Å². The number of aromatic nitrogens is 1. The third-order valence-electron chi connectivity index (χ3n) is 2.47. The largest absolute Gasteiger partial charge is 0.396 e. The van der Waals surface area contributed by atoms with Crippen LogP contribution in [0.5, 0.6) is 0 Å². The van der Waals surface area contributed by atoms with Crippen molar-refractivity contribution in [3.63, 3.8) is 0 Å². The molecule has 0 radical (unpaired) electrons. The predicted molar refractivity (Wildman–Crippen MR) is 64.3 cm³/mol. The van der Waals surface area contributed by atoms with Crippen molar-refractivity contribution in [1.82, 2.24) is 4.98 Å². The number of nitrogens with two attached hydrogens (primary N) is 1. The smallest absolute Gasteiger partial charge is 0.152 e. The molecule has 1 fully saturated rings. The highest BCUT2D eigenvalue weighted by atomic mass is 35.5. The maximum absolute atomic E-state index is 11.3. The van der Waals surface area contributed by atoms with Crippen molar-refractivity contribution < 1.29 is 8.42 Å². The van der Waals surface area contributed by atoms with Gasteiger partial charge in [0.15, 0.2) is 15.7 Å². The molecule has 5 nitrogen and oxygen atoms in total. The molecule has 1 unspecified atom stereocenters. The van der Waals surface area contributed by atoms with E-state index in [-0.39, 0.29) is 17.5 Å². The van der Waals surface area contributed by atoms with Crippen LogP contribution in [0.15, 0.2) is 12.1 Å². The van der Waals surface area contributed by atoms with Gasteiger partial charge in [-0.05, 0) is 18.6 Å². The second-order valence-corrected chi connectivity index (χ2v) is 6.43. The fraction of sp³-hybridized carbons (Fsp3) is 0.444. The highest BCUT2D eigenvalue weighted by Crippen LogP contribution is 2.22. The zero-order valence-electron chi connectivity index (χ0n) is 8.48. The summed E-state index contributed by atoms with van der Waals surface area (Å²) in [5.41, 5.74) is 6.17. The molecular formula is C9H12ClN3O2S. The second-order valence-electron chi connectivity index (χ2n) is 3.82. The van der Waals surface area contributed by atoms with Crippen LogP contribution in [0, 0.1) is 0 Å². The molecule has 1 saturated heterocycles.